The molecule has 2 saturated heterocycles. The molecule has 0 saturated carbocycles. The molecule has 0 unspecified atom stereocenters. The Morgan fingerprint density at radius 2 is 1.97 bits per heavy atom. The maximum absolute atomic E-state index is 13.4. The SMILES string of the molecule is COc1ncc(NC(=O)C(=O)N2C[C@@H](C)CC[C@@H]2c2ccc3sc([C@@H]4CCN(C)C4)nc3c2)cc1C(N)=O. The van der Waals surface area contributed by atoms with Gasteiger partial charge in [0, 0.05) is 19.0 Å². The fourth-order valence-corrected chi connectivity index (χ4v) is 6.45. The molecule has 5 rings (SSSR count). The maximum Gasteiger partial charge on any atom is 0.313 e. The van der Waals surface area contributed by atoms with Crippen LogP contribution < -0.4 is 15.8 Å². The Balaban J connectivity index is 1.37. The van der Waals surface area contributed by atoms with Gasteiger partial charge in [0.15, 0.2) is 0 Å². The molecule has 2 aliphatic rings. The number of likely N-dealkylation sites (N-methyl/N-ethyl adjacent to an activating group) is 1. The average molecular weight is 537 g/mol. The van der Waals surface area contributed by atoms with E-state index in [2.05, 4.69) is 47.4 Å². The molecule has 0 bridgehead atoms. The van der Waals surface area contributed by atoms with Gasteiger partial charge >= 0.3 is 11.8 Å². The zero-order chi connectivity index (χ0) is 27.0. The van der Waals surface area contributed by atoms with Crippen molar-refractivity contribution in [3.8, 4) is 5.88 Å². The van der Waals surface area contributed by atoms with E-state index in [0.717, 1.165) is 53.1 Å². The van der Waals surface area contributed by atoms with Crippen molar-refractivity contribution in [1.82, 2.24) is 19.8 Å². The molecule has 3 atom stereocenters. The summed E-state index contributed by atoms with van der Waals surface area (Å²) in [6.07, 6.45) is 4.15. The smallest absolute Gasteiger partial charge is 0.313 e. The van der Waals surface area contributed by atoms with E-state index >= 15 is 0 Å². The fraction of sp³-hybridized carbons (Fsp3) is 0.444. The van der Waals surface area contributed by atoms with Gasteiger partial charge in [0.05, 0.1) is 40.3 Å². The molecule has 3 N–H and O–H groups in total. The second kappa shape index (κ2) is 10.7. The van der Waals surface area contributed by atoms with Crippen molar-refractivity contribution in [3.05, 3.63) is 46.6 Å². The topological polar surface area (TPSA) is 131 Å². The Kier molecular flexibility index (Phi) is 7.31. The summed E-state index contributed by atoms with van der Waals surface area (Å²) >= 11 is 1.74. The Morgan fingerprint density at radius 3 is 2.68 bits per heavy atom. The molecule has 2 fully saturated rings. The molecular formula is C27H32N6O4S. The highest BCUT2D eigenvalue weighted by Gasteiger charge is 2.35. The number of piperidine rings is 1. The minimum absolute atomic E-state index is 0.0161. The second-order valence-corrected chi connectivity index (χ2v) is 11.3. The number of nitrogens with two attached hydrogens (primary N) is 1. The maximum atomic E-state index is 13.4. The van der Waals surface area contributed by atoms with E-state index in [9.17, 15) is 14.4 Å². The van der Waals surface area contributed by atoms with Gasteiger partial charge in [-0.2, -0.15) is 0 Å². The third-order valence-electron chi connectivity index (χ3n) is 7.39. The van der Waals surface area contributed by atoms with Crippen molar-refractivity contribution in [3.63, 3.8) is 0 Å². The van der Waals surface area contributed by atoms with Crippen LogP contribution in [-0.4, -0.2) is 71.3 Å². The molecule has 0 aliphatic carbocycles. The van der Waals surface area contributed by atoms with E-state index in [1.165, 1.54) is 19.4 Å². The normalized spacial score (nSPS) is 22.0. The number of amides is 3. The predicted molar refractivity (Wildman–Crippen MR) is 145 cm³/mol. The number of aromatic nitrogens is 2. The molecule has 2 aromatic heterocycles. The number of nitrogens with one attached hydrogen (secondary N) is 1. The fourth-order valence-electron chi connectivity index (χ4n) is 5.38. The van der Waals surface area contributed by atoms with Crippen LogP contribution in [0.5, 0.6) is 5.88 Å². The Morgan fingerprint density at radius 1 is 1.16 bits per heavy atom. The van der Waals surface area contributed by atoms with Gasteiger partial charge in [-0.25, -0.2) is 9.97 Å². The van der Waals surface area contributed by atoms with Crippen LogP contribution >= 0.6 is 11.3 Å². The van der Waals surface area contributed by atoms with Crippen molar-refractivity contribution in [2.45, 2.75) is 38.1 Å². The number of anilines is 1. The summed E-state index contributed by atoms with van der Waals surface area (Å²) in [6, 6.07) is 7.33. The number of primary amides is 1. The number of hydrogen-bond donors (Lipinski definition) is 2. The van der Waals surface area contributed by atoms with Crippen LogP contribution in [0.4, 0.5) is 5.69 Å². The molecule has 0 radical (unpaired) electrons. The summed E-state index contributed by atoms with van der Waals surface area (Å²) in [6.45, 7) is 4.66. The van der Waals surface area contributed by atoms with Crippen LogP contribution in [0, 0.1) is 5.92 Å². The van der Waals surface area contributed by atoms with Crippen molar-refractivity contribution >= 4 is 45.0 Å². The second-order valence-electron chi connectivity index (χ2n) is 10.3. The highest BCUT2D eigenvalue weighted by molar-refractivity contribution is 7.18. The quantitative estimate of drug-likeness (QED) is 0.479. The average Bonchev–Trinajstić information content (AvgIpc) is 3.53. The third-order valence-corrected chi connectivity index (χ3v) is 8.59. The number of methoxy groups -OCH3 is 1. The minimum atomic E-state index is -0.797. The van der Waals surface area contributed by atoms with Gasteiger partial charge < -0.3 is 25.6 Å². The van der Waals surface area contributed by atoms with E-state index in [1.54, 1.807) is 16.2 Å². The van der Waals surface area contributed by atoms with Gasteiger partial charge in [-0.05, 0) is 62.5 Å². The number of fused-ring (bicyclic) bond motifs is 1. The van der Waals surface area contributed by atoms with Crippen LogP contribution in [0.3, 0.4) is 0 Å². The Bertz CT molecular complexity index is 1390. The van der Waals surface area contributed by atoms with E-state index in [1.807, 2.05) is 0 Å². The lowest BCUT2D eigenvalue weighted by atomic mass is 9.89. The summed E-state index contributed by atoms with van der Waals surface area (Å²) < 4.78 is 6.18. The monoisotopic (exact) mass is 536 g/mol. The number of hydrogen-bond acceptors (Lipinski definition) is 8. The first-order chi connectivity index (χ1) is 18.2. The van der Waals surface area contributed by atoms with E-state index in [0.29, 0.717) is 12.5 Å². The number of carbonyl (C=O) groups excluding carboxylic acids is 3. The summed E-state index contributed by atoms with van der Waals surface area (Å²) in [5.74, 6) is -1.41. The number of pyridine rings is 1. The molecule has 3 amide bonds. The zero-order valence-corrected chi connectivity index (χ0v) is 22.6. The molecular weight excluding hydrogens is 504 g/mol. The standard InChI is InChI=1S/C27H32N6O4S/c1-15-4-6-21(16-5-7-22-20(10-16)31-26(38-22)17-8-9-32(2)14-17)33(13-15)27(36)24(35)30-18-11-19(23(28)34)25(37-3)29-12-18/h5,7,10-12,15,17,21H,4,6,8-9,13-14H2,1-3H3,(H2,28,34)(H,30,35)/t15-,17+,21+/m0/s1. The Hall–Kier alpha value is -3.57. The molecule has 11 heteroatoms. The van der Waals surface area contributed by atoms with Gasteiger partial charge in [0.1, 0.15) is 5.56 Å². The number of likely N-dealkylation sites (tertiary alicyclic amines) is 2. The molecule has 38 heavy (non-hydrogen) atoms. The summed E-state index contributed by atoms with van der Waals surface area (Å²) in [7, 11) is 3.50. The lowest BCUT2D eigenvalue weighted by Gasteiger charge is -2.38. The lowest BCUT2D eigenvalue weighted by Crippen LogP contribution is -2.46. The lowest BCUT2D eigenvalue weighted by molar-refractivity contribution is -0.146. The predicted octanol–water partition coefficient (Wildman–Crippen LogP) is 3.16. The van der Waals surface area contributed by atoms with E-state index in [-0.39, 0.29) is 29.1 Å². The number of ether oxygens (including phenoxy) is 1. The first kappa shape index (κ1) is 26.1. The van der Waals surface area contributed by atoms with Crippen LogP contribution in [0.15, 0.2) is 30.5 Å². The first-order valence-corrected chi connectivity index (χ1v) is 13.6. The molecule has 200 valence electrons. The highest BCUT2D eigenvalue weighted by atomic mass is 32.1. The number of benzene rings is 1. The van der Waals surface area contributed by atoms with Crippen molar-refractivity contribution in [2.75, 3.05) is 39.1 Å². The van der Waals surface area contributed by atoms with Crippen LogP contribution in [0.1, 0.15) is 59.1 Å². The molecule has 0 spiro atoms. The summed E-state index contributed by atoms with van der Waals surface area (Å²) in [4.78, 5) is 51.1. The zero-order valence-electron chi connectivity index (χ0n) is 21.8. The number of rotatable bonds is 5. The van der Waals surface area contributed by atoms with Gasteiger partial charge in [0.25, 0.3) is 5.91 Å². The van der Waals surface area contributed by atoms with E-state index in [4.69, 9.17) is 15.5 Å². The first-order valence-electron chi connectivity index (χ1n) is 12.8. The number of carbonyl (C=O) groups is 3. The largest absolute Gasteiger partial charge is 0.480 e. The van der Waals surface area contributed by atoms with Crippen molar-refractivity contribution < 1.29 is 19.1 Å². The summed E-state index contributed by atoms with van der Waals surface area (Å²) in [5, 5.41) is 3.73. The van der Waals surface area contributed by atoms with Crippen LogP contribution in [-0.2, 0) is 9.59 Å². The molecule has 2 aliphatic heterocycles. The Labute approximate surface area is 225 Å². The van der Waals surface area contributed by atoms with Gasteiger partial charge in [-0.3, -0.25) is 14.4 Å². The van der Waals surface area contributed by atoms with Gasteiger partial charge in [-0.1, -0.05) is 13.0 Å². The summed E-state index contributed by atoms with van der Waals surface area (Å²) in [5.41, 5.74) is 7.52. The minimum Gasteiger partial charge on any atom is -0.480 e. The van der Waals surface area contributed by atoms with E-state index < -0.39 is 17.7 Å². The molecule has 3 aromatic rings. The van der Waals surface area contributed by atoms with Crippen LogP contribution in [0.25, 0.3) is 10.2 Å². The number of nitrogens with zero attached hydrogens (tertiary/aromatic N) is 4. The molecule has 1 aromatic carbocycles. The van der Waals surface area contributed by atoms with Crippen molar-refractivity contribution in [2.24, 2.45) is 11.7 Å². The van der Waals surface area contributed by atoms with Gasteiger partial charge in [0.2, 0.25) is 5.88 Å². The van der Waals surface area contributed by atoms with Crippen molar-refractivity contribution in [1.29, 1.82) is 0 Å². The molecule has 4 heterocycles. The molecule has 10 nitrogen and oxygen atoms in total. The van der Waals surface area contributed by atoms with Crippen LogP contribution in [0.2, 0.25) is 0 Å². The number of thiazole rings is 1. The highest BCUT2D eigenvalue weighted by Crippen LogP contribution is 2.37. The van der Waals surface area contributed by atoms with Gasteiger partial charge in [-0.15, -0.1) is 11.3 Å². The third kappa shape index (κ3) is 5.21.